The Bertz CT molecular complexity index is 1210. The lowest BCUT2D eigenvalue weighted by atomic mass is 9.97. The molecule has 8 nitrogen and oxygen atoms in total. The van der Waals surface area contributed by atoms with Gasteiger partial charge in [-0.2, -0.15) is 5.26 Å². The van der Waals surface area contributed by atoms with Gasteiger partial charge in [-0.1, -0.05) is 0 Å². The van der Waals surface area contributed by atoms with Crippen molar-refractivity contribution in [3.63, 3.8) is 0 Å². The van der Waals surface area contributed by atoms with Crippen LogP contribution in [0.2, 0.25) is 0 Å². The fraction of sp³-hybridized carbons (Fsp3) is 0.320. The number of aromatic nitrogens is 3. The van der Waals surface area contributed by atoms with Gasteiger partial charge in [-0.05, 0) is 73.6 Å². The van der Waals surface area contributed by atoms with Crippen LogP contribution in [-0.2, 0) is 4.79 Å². The lowest BCUT2D eigenvalue weighted by Crippen LogP contribution is -2.36. The van der Waals surface area contributed by atoms with Gasteiger partial charge in [-0.15, -0.1) is 0 Å². The number of piperidine rings is 1. The molecule has 0 spiro atoms. The summed E-state index contributed by atoms with van der Waals surface area (Å²) in [5.74, 6) is 1.71. The van der Waals surface area contributed by atoms with E-state index in [2.05, 4.69) is 38.4 Å². The smallest absolute Gasteiger partial charge is 0.306 e. The second-order valence-electron chi connectivity index (χ2n) is 8.62. The molecule has 2 N–H and O–H groups in total. The minimum atomic E-state index is -0.710. The summed E-state index contributed by atoms with van der Waals surface area (Å²) < 4.78 is 0. The Morgan fingerprint density at radius 3 is 2.55 bits per heavy atom. The predicted octanol–water partition coefficient (Wildman–Crippen LogP) is 4.33. The van der Waals surface area contributed by atoms with E-state index in [1.54, 1.807) is 18.3 Å². The van der Waals surface area contributed by atoms with Crippen LogP contribution in [0.4, 0.5) is 17.5 Å². The Hall–Kier alpha value is -3.99. The van der Waals surface area contributed by atoms with Crippen LogP contribution in [0.1, 0.15) is 42.7 Å². The van der Waals surface area contributed by atoms with E-state index in [4.69, 9.17) is 10.2 Å². The van der Waals surface area contributed by atoms with Crippen LogP contribution in [-0.4, -0.2) is 39.1 Å². The van der Waals surface area contributed by atoms with Crippen LogP contribution < -0.4 is 10.2 Å². The van der Waals surface area contributed by atoms with Crippen molar-refractivity contribution in [1.82, 2.24) is 15.0 Å². The molecule has 1 aliphatic heterocycles. The number of carbonyl (C=O) groups is 1. The van der Waals surface area contributed by atoms with Gasteiger partial charge >= 0.3 is 5.97 Å². The van der Waals surface area contributed by atoms with Crippen molar-refractivity contribution in [3.05, 3.63) is 59.9 Å². The summed E-state index contributed by atoms with van der Waals surface area (Å²) in [4.78, 5) is 27.1. The molecule has 1 aliphatic carbocycles. The summed E-state index contributed by atoms with van der Waals surface area (Å²) in [7, 11) is 0. The van der Waals surface area contributed by atoms with Gasteiger partial charge in [0.2, 0.25) is 0 Å². The molecule has 4 heterocycles. The molecule has 1 saturated carbocycles. The van der Waals surface area contributed by atoms with Crippen LogP contribution >= 0.6 is 0 Å². The highest BCUT2D eigenvalue weighted by Crippen LogP contribution is 2.42. The average molecular weight is 441 g/mol. The molecule has 5 rings (SSSR count). The number of hydrogen-bond acceptors (Lipinski definition) is 7. The molecule has 0 bridgehead atoms. The summed E-state index contributed by atoms with van der Waals surface area (Å²) in [6.07, 6.45) is 7.06. The number of anilines is 3. The van der Waals surface area contributed by atoms with Crippen LogP contribution in [0.5, 0.6) is 0 Å². The van der Waals surface area contributed by atoms with Crippen LogP contribution in [0.15, 0.2) is 48.8 Å². The molecule has 0 radical (unpaired) electrons. The standard InChI is InChI=1S/C25H24N6O2/c26-14-16-5-8-27-22(11-16)30-23-13-20(17-1-2-17)12-21(29-23)19-3-4-24(28-15-19)31-9-6-18(7-10-31)25(32)33/h3-5,8,11-13,15,17-18H,1-2,6-7,9-10H2,(H,32,33)(H,27,29,30). The fourth-order valence-corrected chi connectivity index (χ4v) is 4.20. The monoisotopic (exact) mass is 440 g/mol. The van der Waals surface area contributed by atoms with E-state index < -0.39 is 5.97 Å². The molecular weight excluding hydrogens is 416 g/mol. The van der Waals surface area contributed by atoms with Crippen molar-refractivity contribution < 1.29 is 9.90 Å². The van der Waals surface area contributed by atoms with E-state index in [1.165, 1.54) is 18.4 Å². The number of nitrogens with one attached hydrogen (secondary N) is 1. The minimum absolute atomic E-state index is 0.260. The number of nitriles is 1. The van der Waals surface area contributed by atoms with Gasteiger partial charge in [0, 0.05) is 31.0 Å². The van der Waals surface area contributed by atoms with Crippen molar-refractivity contribution in [2.75, 3.05) is 23.3 Å². The molecule has 0 atom stereocenters. The Morgan fingerprint density at radius 1 is 1.06 bits per heavy atom. The first-order valence-electron chi connectivity index (χ1n) is 11.2. The maximum atomic E-state index is 11.2. The van der Waals surface area contributed by atoms with E-state index in [0.717, 1.165) is 17.1 Å². The third-order valence-corrected chi connectivity index (χ3v) is 6.25. The van der Waals surface area contributed by atoms with Gasteiger partial charge in [0.25, 0.3) is 0 Å². The molecule has 2 fully saturated rings. The van der Waals surface area contributed by atoms with E-state index in [9.17, 15) is 9.90 Å². The first kappa shape index (κ1) is 20.9. The quantitative estimate of drug-likeness (QED) is 0.582. The summed E-state index contributed by atoms with van der Waals surface area (Å²) >= 11 is 0. The first-order chi connectivity index (χ1) is 16.1. The second kappa shape index (κ2) is 8.87. The maximum absolute atomic E-state index is 11.2. The topological polar surface area (TPSA) is 115 Å². The highest BCUT2D eigenvalue weighted by atomic mass is 16.4. The minimum Gasteiger partial charge on any atom is -0.481 e. The van der Waals surface area contributed by atoms with Crippen molar-refractivity contribution >= 4 is 23.4 Å². The molecule has 0 aromatic carbocycles. The normalized spacial score (nSPS) is 16.3. The molecule has 0 unspecified atom stereocenters. The molecule has 3 aromatic rings. The van der Waals surface area contributed by atoms with Crippen molar-refractivity contribution in [2.45, 2.75) is 31.6 Å². The molecule has 2 aliphatic rings. The largest absolute Gasteiger partial charge is 0.481 e. The van der Waals surface area contributed by atoms with Gasteiger partial charge in [0.05, 0.1) is 23.2 Å². The number of aliphatic carboxylic acids is 1. The van der Waals surface area contributed by atoms with Crippen LogP contribution in [0.3, 0.4) is 0 Å². The van der Waals surface area contributed by atoms with Gasteiger partial charge in [0.15, 0.2) is 0 Å². The van der Waals surface area contributed by atoms with E-state index in [1.807, 2.05) is 18.3 Å². The summed E-state index contributed by atoms with van der Waals surface area (Å²) in [6, 6.07) is 13.7. The SMILES string of the molecule is N#Cc1ccnc(Nc2cc(C3CC3)cc(-c3ccc(N4CCC(C(=O)O)CC4)nc3)n2)c1. The van der Waals surface area contributed by atoms with Crippen LogP contribution in [0.25, 0.3) is 11.3 Å². The van der Waals surface area contributed by atoms with E-state index >= 15 is 0 Å². The Morgan fingerprint density at radius 2 is 1.88 bits per heavy atom. The number of carboxylic acid groups (broad SMARTS) is 1. The summed E-state index contributed by atoms with van der Waals surface area (Å²) in [5, 5.41) is 21.6. The Kier molecular flexibility index (Phi) is 5.61. The Labute approximate surface area is 192 Å². The predicted molar refractivity (Wildman–Crippen MR) is 124 cm³/mol. The van der Waals surface area contributed by atoms with E-state index in [-0.39, 0.29) is 5.92 Å². The van der Waals surface area contributed by atoms with Gasteiger partial charge in [-0.3, -0.25) is 4.79 Å². The molecule has 8 heteroatoms. The highest BCUT2D eigenvalue weighted by Gasteiger charge is 2.26. The first-order valence-corrected chi connectivity index (χ1v) is 11.2. The van der Waals surface area contributed by atoms with Gasteiger partial charge < -0.3 is 15.3 Å². The lowest BCUT2D eigenvalue weighted by molar-refractivity contribution is -0.142. The highest BCUT2D eigenvalue weighted by molar-refractivity contribution is 5.70. The number of carboxylic acids is 1. The third-order valence-electron chi connectivity index (χ3n) is 6.25. The third kappa shape index (κ3) is 4.77. The molecule has 3 aromatic heterocycles. The number of rotatable bonds is 6. The fourth-order valence-electron chi connectivity index (χ4n) is 4.20. The molecule has 0 amide bonds. The zero-order chi connectivity index (χ0) is 22.8. The Balaban J connectivity index is 1.37. The molecule has 33 heavy (non-hydrogen) atoms. The molecular formula is C25H24N6O2. The average Bonchev–Trinajstić information content (AvgIpc) is 3.70. The maximum Gasteiger partial charge on any atom is 0.306 e. The van der Waals surface area contributed by atoms with Crippen molar-refractivity contribution in [1.29, 1.82) is 5.26 Å². The molecule has 1 saturated heterocycles. The lowest BCUT2D eigenvalue weighted by Gasteiger charge is -2.31. The molecule has 166 valence electrons. The van der Waals surface area contributed by atoms with Crippen molar-refractivity contribution in [3.8, 4) is 17.3 Å². The summed E-state index contributed by atoms with van der Waals surface area (Å²) in [5.41, 5.74) is 3.53. The van der Waals surface area contributed by atoms with E-state index in [0.29, 0.717) is 49.0 Å². The summed E-state index contributed by atoms with van der Waals surface area (Å²) in [6.45, 7) is 1.39. The van der Waals surface area contributed by atoms with Crippen LogP contribution in [0, 0.1) is 17.2 Å². The number of nitrogens with zero attached hydrogens (tertiary/aromatic N) is 5. The second-order valence-corrected chi connectivity index (χ2v) is 8.62. The van der Waals surface area contributed by atoms with Gasteiger partial charge in [0.1, 0.15) is 17.5 Å². The number of pyridine rings is 3. The van der Waals surface area contributed by atoms with Gasteiger partial charge in [-0.25, -0.2) is 15.0 Å². The zero-order valence-corrected chi connectivity index (χ0v) is 18.1. The zero-order valence-electron chi connectivity index (χ0n) is 18.1. The number of hydrogen-bond donors (Lipinski definition) is 2. The van der Waals surface area contributed by atoms with Crippen molar-refractivity contribution in [2.24, 2.45) is 5.92 Å².